The van der Waals surface area contributed by atoms with Crippen LogP contribution in [0.5, 0.6) is 0 Å². The average Bonchev–Trinajstić information content (AvgIpc) is 3.11. The standard InChI is InChI=1S/C15H18N2S2/c1-2-18-12-7-5-11(6-8-12)15-17-14(10-19-15)13-4-3-9-16-13/h5-8,10,13,16H,2-4,9H2,1H3. The number of benzene rings is 1. The number of rotatable bonds is 4. The van der Waals surface area contributed by atoms with Gasteiger partial charge in [0.1, 0.15) is 5.01 Å². The molecule has 0 aliphatic carbocycles. The lowest BCUT2D eigenvalue weighted by atomic mass is 10.2. The smallest absolute Gasteiger partial charge is 0.123 e. The summed E-state index contributed by atoms with van der Waals surface area (Å²) in [4.78, 5) is 6.12. The van der Waals surface area contributed by atoms with E-state index in [9.17, 15) is 0 Å². The zero-order valence-electron chi connectivity index (χ0n) is 11.1. The Bertz CT molecular complexity index is 527. The van der Waals surface area contributed by atoms with Gasteiger partial charge in [0, 0.05) is 15.8 Å². The van der Waals surface area contributed by atoms with Crippen molar-refractivity contribution in [3.8, 4) is 10.6 Å². The maximum atomic E-state index is 4.79. The van der Waals surface area contributed by atoms with Crippen molar-refractivity contribution in [3.05, 3.63) is 35.3 Å². The van der Waals surface area contributed by atoms with Gasteiger partial charge in [0.2, 0.25) is 0 Å². The third-order valence-corrected chi connectivity index (χ3v) is 5.16. The van der Waals surface area contributed by atoms with E-state index in [1.165, 1.54) is 29.0 Å². The summed E-state index contributed by atoms with van der Waals surface area (Å²) in [6.07, 6.45) is 2.48. The van der Waals surface area contributed by atoms with Crippen molar-refractivity contribution >= 4 is 23.1 Å². The minimum atomic E-state index is 0.472. The number of thiazole rings is 1. The summed E-state index contributed by atoms with van der Waals surface area (Å²) in [5.41, 5.74) is 2.44. The van der Waals surface area contributed by atoms with Gasteiger partial charge in [-0.25, -0.2) is 4.98 Å². The molecule has 2 nitrogen and oxygen atoms in total. The van der Waals surface area contributed by atoms with E-state index in [2.05, 4.69) is 41.9 Å². The highest BCUT2D eigenvalue weighted by atomic mass is 32.2. The first kappa shape index (κ1) is 13.2. The molecule has 1 aromatic carbocycles. The summed E-state index contributed by atoms with van der Waals surface area (Å²) in [5, 5.41) is 6.84. The van der Waals surface area contributed by atoms with Crippen molar-refractivity contribution in [1.29, 1.82) is 0 Å². The molecular formula is C15H18N2S2. The van der Waals surface area contributed by atoms with Crippen LogP contribution in [0, 0.1) is 0 Å². The van der Waals surface area contributed by atoms with E-state index in [1.807, 2.05) is 11.8 Å². The topological polar surface area (TPSA) is 24.9 Å². The van der Waals surface area contributed by atoms with Crippen LogP contribution in [-0.2, 0) is 0 Å². The van der Waals surface area contributed by atoms with Gasteiger partial charge in [0.05, 0.1) is 11.7 Å². The molecule has 4 heteroatoms. The molecule has 0 spiro atoms. The molecule has 1 unspecified atom stereocenters. The SMILES string of the molecule is CCSc1ccc(-c2nc(C3CCCN3)cs2)cc1. The predicted octanol–water partition coefficient (Wildman–Crippen LogP) is 4.35. The fourth-order valence-electron chi connectivity index (χ4n) is 2.38. The zero-order valence-corrected chi connectivity index (χ0v) is 12.7. The number of nitrogens with zero attached hydrogens (tertiary/aromatic N) is 1. The Kier molecular flexibility index (Phi) is 4.21. The van der Waals surface area contributed by atoms with Gasteiger partial charge in [0.25, 0.3) is 0 Å². The maximum absolute atomic E-state index is 4.79. The Balaban J connectivity index is 1.77. The van der Waals surface area contributed by atoms with Crippen LogP contribution in [0.2, 0.25) is 0 Å². The van der Waals surface area contributed by atoms with E-state index < -0.39 is 0 Å². The number of aromatic nitrogens is 1. The zero-order chi connectivity index (χ0) is 13.1. The quantitative estimate of drug-likeness (QED) is 0.848. The Morgan fingerprint density at radius 1 is 1.37 bits per heavy atom. The van der Waals surface area contributed by atoms with Gasteiger partial charge >= 0.3 is 0 Å². The highest BCUT2D eigenvalue weighted by molar-refractivity contribution is 7.99. The predicted molar refractivity (Wildman–Crippen MR) is 83.9 cm³/mol. The van der Waals surface area contributed by atoms with E-state index in [1.54, 1.807) is 11.3 Å². The molecule has 100 valence electrons. The Hall–Kier alpha value is -0.840. The molecule has 0 amide bonds. The molecule has 0 radical (unpaired) electrons. The van der Waals surface area contributed by atoms with Crippen LogP contribution in [0.15, 0.2) is 34.5 Å². The molecule has 2 aromatic rings. The first-order valence-corrected chi connectivity index (χ1v) is 8.65. The van der Waals surface area contributed by atoms with Gasteiger partial charge in [-0.1, -0.05) is 19.1 Å². The monoisotopic (exact) mass is 290 g/mol. The lowest BCUT2D eigenvalue weighted by Crippen LogP contribution is -2.12. The molecule has 2 heterocycles. The van der Waals surface area contributed by atoms with Crippen LogP contribution < -0.4 is 5.32 Å². The molecule has 1 aliphatic rings. The van der Waals surface area contributed by atoms with Gasteiger partial charge in [-0.05, 0) is 37.3 Å². The first-order valence-electron chi connectivity index (χ1n) is 6.79. The van der Waals surface area contributed by atoms with Crippen LogP contribution in [0.3, 0.4) is 0 Å². The molecular weight excluding hydrogens is 272 g/mol. The number of hydrogen-bond donors (Lipinski definition) is 1. The number of nitrogens with one attached hydrogen (secondary N) is 1. The summed E-state index contributed by atoms with van der Waals surface area (Å²) >= 11 is 3.63. The summed E-state index contributed by atoms with van der Waals surface area (Å²) in [6, 6.07) is 9.22. The van der Waals surface area contributed by atoms with Gasteiger partial charge < -0.3 is 5.32 Å². The Labute approximate surface area is 122 Å². The van der Waals surface area contributed by atoms with Crippen molar-refractivity contribution in [2.24, 2.45) is 0 Å². The van der Waals surface area contributed by atoms with Crippen molar-refractivity contribution in [1.82, 2.24) is 10.3 Å². The third kappa shape index (κ3) is 3.02. The fourth-order valence-corrected chi connectivity index (χ4v) is 3.92. The lowest BCUT2D eigenvalue weighted by molar-refractivity contribution is 0.632. The minimum Gasteiger partial charge on any atom is -0.309 e. The average molecular weight is 290 g/mol. The van der Waals surface area contributed by atoms with Crippen molar-refractivity contribution < 1.29 is 0 Å². The van der Waals surface area contributed by atoms with E-state index in [0.717, 1.165) is 17.3 Å². The molecule has 19 heavy (non-hydrogen) atoms. The van der Waals surface area contributed by atoms with E-state index >= 15 is 0 Å². The molecule has 1 fully saturated rings. The molecule has 1 aromatic heterocycles. The summed E-state index contributed by atoms with van der Waals surface area (Å²) < 4.78 is 0. The Morgan fingerprint density at radius 3 is 2.89 bits per heavy atom. The lowest BCUT2D eigenvalue weighted by Gasteiger charge is -2.05. The maximum Gasteiger partial charge on any atom is 0.123 e. The van der Waals surface area contributed by atoms with Gasteiger partial charge in [-0.15, -0.1) is 23.1 Å². The van der Waals surface area contributed by atoms with Gasteiger partial charge in [-0.3, -0.25) is 0 Å². The second-order valence-corrected chi connectivity index (χ2v) is 6.88. The first-order chi connectivity index (χ1) is 9.36. The third-order valence-electron chi connectivity index (χ3n) is 3.35. The fraction of sp³-hybridized carbons (Fsp3) is 0.400. The van der Waals surface area contributed by atoms with Crippen LogP contribution in [-0.4, -0.2) is 17.3 Å². The number of thioether (sulfide) groups is 1. The van der Waals surface area contributed by atoms with Crippen LogP contribution in [0.25, 0.3) is 10.6 Å². The second kappa shape index (κ2) is 6.07. The summed E-state index contributed by atoms with van der Waals surface area (Å²) in [5.74, 6) is 1.12. The summed E-state index contributed by atoms with van der Waals surface area (Å²) in [6.45, 7) is 3.31. The molecule has 3 rings (SSSR count). The van der Waals surface area contributed by atoms with Gasteiger partial charge in [-0.2, -0.15) is 0 Å². The molecule has 1 atom stereocenters. The highest BCUT2D eigenvalue weighted by Gasteiger charge is 2.19. The van der Waals surface area contributed by atoms with Crippen molar-refractivity contribution in [3.63, 3.8) is 0 Å². The molecule has 1 N–H and O–H groups in total. The minimum absolute atomic E-state index is 0.472. The van der Waals surface area contributed by atoms with Crippen LogP contribution in [0.1, 0.15) is 31.5 Å². The summed E-state index contributed by atoms with van der Waals surface area (Å²) in [7, 11) is 0. The van der Waals surface area contributed by atoms with E-state index in [-0.39, 0.29) is 0 Å². The Morgan fingerprint density at radius 2 is 2.21 bits per heavy atom. The van der Waals surface area contributed by atoms with Gasteiger partial charge in [0.15, 0.2) is 0 Å². The molecule has 1 saturated heterocycles. The second-order valence-electron chi connectivity index (χ2n) is 4.68. The number of hydrogen-bond acceptors (Lipinski definition) is 4. The van der Waals surface area contributed by atoms with Crippen molar-refractivity contribution in [2.45, 2.75) is 30.7 Å². The largest absolute Gasteiger partial charge is 0.309 e. The molecule has 0 bridgehead atoms. The van der Waals surface area contributed by atoms with Crippen molar-refractivity contribution in [2.75, 3.05) is 12.3 Å². The normalized spacial score (nSPS) is 18.9. The van der Waals surface area contributed by atoms with Crippen LogP contribution >= 0.6 is 23.1 Å². The van der Waals surface area contributed by atoms with Crippen LogP contribution in [0.4, 0.5) is 0 Å². The van der Waals surface area contributed by atoms with E-state index in [0.29, 0.717) is 6.04 Å². The molecule has 1 aliphatic heterocycles. The highest BCUT2D eigenvalue weighted by Crippen LogP contribution is 2.30. The molecule has 0 saturated carbocycles. The van der Waals surface area contributed by atoms with E-state index in [4.69, 9.17) is 4.98 Å².